The van der Waals surface area contributed by atoms with Crippen LogP contribution in [-0.4, -0.2) is 74.9 Å². The van der Waals surface area contributed by atoms with E-state index < -0.39 is 21.4 Å². The lowest BCUT2D eigenvalue weighted by Gasteiger charge is -2.24. The number of likely N-dealkylation sites (N-methyl/N-ethyl adjacent to an activating group) is 1. The Balaban J connectivity index is 1.49. The minimum absolute atomic E-state index is 0.000719. The molecular formula is C26H34N2O7S. The fourth-order valence-electron chi connectivity index (χ4n) is 3.87. The predicted molar refractivity (Wildman–Crippen MR) is 135 cm³/mol. The van der Waals surface area contributed by atoms with Crippen LogP contribution in [0.2, 0.25) is 0 Å². The molecule has 0 aliphatic carbocycles. The SMILES string of the molecule is CCOC(=O)C(C)(C)Oc1ccc(OCCC2CN(Cc3ccc(S(C)(=O)=O)cc3)C(=O)N2C)cc1. The Morgan fingerprint density at radius 1 is 1.06 bits per heavy atom. The number of carbonyl (C=O) groups excluding carboxylic acids is 2. The molecule has 196 valence electrons. The quantitative estimate of drug-likeness (QED) is 0.420. The van der Waals surface area contributed by atoms with Gasteiger partial charge in [-0.05, 0) is 62.7 Å². The van der Waals surface area contributed by atoms with Crippen LogP contribution < -0.4 is 9.47 Å². The van der Waals surface area contributed by atoms with Gasteiger partial charge in [0.05, 0.1) is 24.2 Å². The third-order valence-corrected chi connectivity index (χ3v) is 7.09. The van der Waals surface area contributed by atoms with Crippen LogP contribution in [0.4, 0.5) is 4.79 Å². The van der Waals surface area contributed by atoms with Gasteiger partial charge in [-0.15, -0.1) is 0 Å². The van der Waals surface area contributed by atoms with E-state index in [-0.39, 0.29) is 23.6 Å². The van der Waals surface area contributed by atoms with E-state index in [4.69, 9.17) is 14.2 Å². The van der Waals surface area contributed by atoms with Crippen molar-refractivity contribution in [1.82, 2.24) is 9.80 Å². The fraction of sp³-hybridized carbons (Fsp3) is 0.462. The second kappa shape index (κ2) is 11.2. The zero-order valence-corrected chi connectivity index (χ0v) is 22.2. The fourth-order valence-corrected chi connectivity index (χ4v) is 4.50. The molecular weight excluding hydrogens is 484 g/mol. The molecule has 1 unspecified atom stereocenters. The van der Waals surface area contributed by atoms with Crippen molar-refractivity contribution >= 4 is 21.8 Å². The number of nitrogens with zero attached hydrogens (tertiary/aromatic N) is 2. The molecule has 1 aliphatic rings. The molecule has 0 bridgehead atoms. The van der Waals surface area contributed by atoms with Crippen molar-refractivity contribution in [2.45, 2.75) is 50.3 Å². The van der Waals surface area contributed by atoms with Crippen molar-refractivity contribution < 1.29 is 32.2 Å². The average Bonchev–Trinajstić information content (AvgIpc) is 3.08. The molecule has 0 N–H and O–H groups in total. The van der Waals surface area contributed by atoms with Gasteiger partial charge in [-0.2, -0.15) is 0 Å². The highest BCUT2D eigenvalue weighted by Gasteiger charge is 2.34. The van der Waals surface area contributed by atoms with Crippen LogP contribution in [0, 0.1) is 0 Å². The third-order valence-electron chi connectivity index (χ3n) is 5.96. The maximum absolute atomic E-state index is 12.7. The van der Waals surface area contributed by atoms with Gasteiger partial charge in [-0.1, -0.05) is 12.1 Å². The zero-order valence-electron chi connectivity index (χ0n) is 21.4. The van der Waals surface area contributed by atoms with Gasteiger partial charge < -0.3 is 24.0 Å². The number of esters is 1. The average molecular weight is 519 g/mol. The first-order valence-corrected chi connectivity index (χ1v) is 13.7. The van der Waals surface area contributed by atoms with Crippen molar-refractivity contribution in [2.24, 2.45) is 0 Å². The van der Waals surface area contributed by atoms with Crippen LogP contribution in [0.15, 0.2) is 53.4 Å². The van der Waals surface area contributed by atoms with E-state index in [0.29, 0.717) is 37.6 Å². The molecule has 0 spiro atoms. The van der Waals surface area contributed by atoms with E-state index in [0.717, 1.165) is 5.56 Å². The summed E-state index contributed by atoms with van der Waals surface area (Å²) in [5.74, 6) is 0.758. The zero-order chi connectivity index (χ0) is 26.5. The Hall–Kier alpha value is -3.27. The van der Waals surface area contributed by atoms with Gasteiger partial charge in [0.2, 0.25) is 0 Å². The lowest BCUT2D eigenvalue weighted by atomic mass is 10.1. The molecule has 2 aromatic rings. The number of sulfone groups is 1. The first-order chi connectivity index (χ1) is 16.9. The first kappa shape index (κ1) is 27.3. The summed E-state index contributed by atoms with van der Waals surface area (Å²) in [7, 11) is -1.48. The number of amides is 2. The summed E-state index contributed by atoms with van der Waals surface area (Å²) in [6, 6.07) is 13.5. The van der Waals surface area contributed by atoms with Crippen LogP contribution in [0.25, 0.3) is 0 Å². The predicted octanol–water partition coefficient (Wildman–Crippen LogP) is 3.52. The van der Waals surface area contributed by atoms with Crippen LogP contribution >= 0.6 is 0 Å². The maximum Gasteiger partial charge on any atom is 0.349 e. The smallest absolute Gasteiger partial charge is 0.349 e. The molecule has 10 heteroatoms. The Kier molecular flexibility index (Phi) is 8.50. The van der Waals surface area contributed by atoms with Crippen LogP contribution in [0.1, 0.15) is 32.8 Å². The van der Waals surface area contributed by atoms with Crippen molar-refractivity contribution in [3.05, 3.63) is 54.1 Å². The molecule has 0 saturated carbocycles. The second-order valence-electron chi connectivity index (χ2n) is 9.29. The number of carbonyl (C=O) groups is 2. The minimum Gasteiger partial charge on any atom is -0.494 e. The van der Waals surface area contributed by atoms with Gasteiger partial charge in [-0.25, -0.2) is 18.0 Å². The highest BCUT2D eigenvalue weighted by atomic mass is 32.2. The summed E-state index contributed by atoms with van der Waals surface area (Å²) >= 11 is 0. The minimum atomic E-state index is -3.25. The lowest BCUT2D eigenvalue weighted by Crippen LogP contribution is -2.39. The standard InChI is InChI=1S/C26H34N2O7S/c1-6-33-24(29)26(2,3)35-22-11-9-21(10-12-22)34-16-15-20-18-28(25(30)27(20)4)17-19-7-13-23(14-8-19)36(5,31)32/h7-14,20H,6,15-18H2,1-5H3. The summed E-state index contributed by atoms with van der Waals surface area (Å²) in [5.41, 5.74) is -0.228. The Morgan fingerprint density at radius 2 is 1.67 bits per heavy atom. The van der Waals surface area contributed by atoms with E-state index in [9.17, 15) is 18.0 Å². The van der Waals surface area contributed by atoms with Gasteiger partial charge in [0.25, 0.3) is 0 Å². The molecule has 9 nitrogen and oxygen atoms in total. The van der Waals surface area contributed by atoms with Crippen molar-refractivity contribution in [1.29, 1.82) is 0 Å². The molecule has 1 fully saturated rings. The Bertz CT molecular complexity index is 1160. The molecule has 0 radical (unpaired) electrons. The third kappa shape index (κ3) is 6.90. The Labute approximate surface area is 212 Å². The van der Waals surface area contributed by atoms with Crippen molar-refractivity contribution in [2.75, 3.05) is 33.1 Å². The molecule has 1 aliphatic heterocycles. The van der Waals surface area contributed by atoms with Crippen molar-refractivity contribution in [3.8, 4) is 11.5 Å². The molecule has 36 heavy (non-hydrogen) atoms. The molecule has 1 heterocycles. The topological polar surface area (TPSA) is 102 Å². The summed E-state index contributed by atoms with van der Waals surface area (Å²) < 4.78 is 39.9. The van der Waals surface area contributed by atoms with Gasteiger partial charge in [-0.3, -0.25) is 0 Å². The first-order valence-electron chi connectivity index (χ1n) is 11.8. The number of urea groups is 1. The largest absolute Gasteiger partial charge is 0.494 e. The van der Waals surface area contributed by atoms with Crippen LogP contribution in [0.3, 0.4) is 0 Å². The van der Waals surface area contributed by atoms with E-state index in [1.54, 1.807) is 86.1 Å². The lowest BCUT2D eigenvalue weighted by molar-refractivity contribution is -0.158. The number of rotatable bonds is 11. The Morgan fingerprint density at radius 3 is 2.25 bits per heavy atom. The second-order valence-corrected chi connectivity index (χ2v) is 11.3. The number of ether oxygens (including phenoxy) is 3. The molecule has 1 saturated heterocycles. The van der Waals surface area contributed by atoms with E-state index in [1.165, 1.54) is 6.26 Å². The molecule has 2 aromatic carbocycles. The molecule has 0 aromatic heterocycles. The highest BCUT2D eigenvalue weighted by Crippen LogP contribution is 2.24. The van der Waals surface area contributed by atoms with Gasteiger partial charge in [0.1, 0.15) is 11.5 Å². The summed E-state index contributed by atoms with van der Waals surface area (Å²) in [6.07, 6.45) is 1.82. The van der Waals surface area contributed by atoms with E-state index >= 15 is 0 Å². The number of hydrogen-bond acceptors (Lipinski definition) is 7. The molecule has 1 atom stereocenters. The monoisotopic (exact) mass is 518 g/mol. The van der Waals surface area contributed by atoms with E-state index in [2.05, 4.69) is 0 Å². The summed E-state index contributed by atoms with van der Waals surface area (Å²) in [5, 5.41) is 0. The summed E-state index contributed by atoms with van der Waals surface area (Å²) in [4.78, 5) is 28.4. The van der Waals surface area contributed by atoms with Crippen molar-refractivity contribution in [3.63, 3.8) is 0 Å². The maximum atomic E-state index is 12.7. The van der Waals surface area contributed by atoms with Crippen LogP contribution in [0.5, 0.6) is 11.5 Å². The van der Waals surface area contributed by atoms with Gasteiger partial charge in [0.15, 0.2) is 15.4 Å². The van der Waals surface area contributed by atoms with Gasteiger partial charge >= 0.3 is 12.0 Å². The molecule has 3 rings (SSSR count). The number of benzene rings is 2. The van der Waals surface area contributed by atoms with Crippen LogP contribution in [-0.2, 0) is 25.9 Å². The molecule has 2 amide bonds. The normalized spacial score (nSPS) is 16.2. The summed E-state index contributed by atoms with van der Waals surface area (Å²) in [6.45, 7) is 6.74. The van der Waals surface area contributed by atoms with Gasteiger partial charge in [0, 0.05) is 32.8 Å². The number of hydrogen-bond donors (Lipinski definition) is 0. The van der Waals surface area contributed by atoms with E-state index in [1.807, 2.05) is 0 Å². The highest BCUT2D eigenvalue weighted by molar-refractivity contribution is 7.90.